The summed E-state index contributed by atoms with van der Waals surface area (Å²) in [5, 5.41) is 2.63. The van der Waals surface area contributed by atoms with Gasteiger partial charge in [-0.2, -0.15) is 0 Å². The van der Waals surface area contributed by atoms with Gasteiger partial charge < -0.3 is 19.4 Å². The smallest absolute Gasteiger partial charge is 0.355 e. The van der Waals surface area contributed by atoms with E-state index in [1.807, 2.05) is 0 Å². The maximum Gasteiger partial charge on any atom is 0.355 e. The average molecular weight is 288 g/mol. The van der Waals surface area contributed by atoms with Crippen LogP contribution in [0.3, 0.4) is 0 Å². The molecule has 0 saturated heterocycles. The molecule has 1 N–H and O–H groups in total. The van der Waals surface area contributed by atoms with Crippen LogP contribution in [0.15, 0.2) is 42.6 Å². The van der Waals surface area contributed by atoms with Crippen molar-refractivity contribution in [2.45, 2.75) is 0 Å². The summed E-state index contributed by atoms with van der Waals surface area (Å²) < 4.78 is 11.6. The third-order valence-electron chi connectivity index (χ3n) is 2.86. The Bertz CT molecular complexity index is 631. The van der Waals surface area contributed by atoms with Crippen LogP contribution in [0.5, 0.6) is 5.75 Å². The van der Waals surface area contributed by atoms with Gasteiger partial charge >= 0.3 is 5.97 Å². The molecule has 0 atom stereocenters. The first-order chi connectivity index (χ1) is 10.1. The third kappa shape index (κ3) is 3.85. The van der Waals surface area contributed by atoms with Gasteiger partial charge in [-0.1, -0.05) is 0 Å². The molecular weight excluding hydrogens is 272 g/mol. The minimum atomic E-state index is -0.535. The van der Waals surface area contributed by atoms with Gasteiger partial charge in [0.1, 0.15) is 11.4 Å². The van der Waals surface area contributed by atoms with Gasteiger partial charge in [-0.25, -0.2) is 4.79 Å². The van der Waals surface area contributed by atoms with Crippen molar-refractivity contribution < 1.29 is 19.1 Å². The molecule has 1 amide bonds. The van der Waals surface area contributed by atoms with E-state index in [1.165, 1.54) is 0 Å². The topological polar surface area (TPSA) is 69.6 Å². The van der Waals surface area contributed by atoms with Crippen molar-refractivity contribution >= 4 is 17.6 Å². The molecular formula is C15H16N2O4. The van der Waals surface area contributed by atoms with Crippen LogP contribution < -0.4 is 10.1 Å². The summed E-state index contributed by atoms with van der Waals surface area (Å²) in [5.41, 5.74) is 1.00. The maximum atomic E-state index is 11.7. The normalized spacial score (nSPS) is 10.0. The average Bonchev–Trinajstić information content (AvgIpc) is 2.92. The van der Waals surface area contributed by atoms with E-state index in [1.54, 1.807) is 61.3 Å². The summed E-state index contributed by atoms with van der Waals surface area (Å²) in [6, 6.07) is 10.2. The molecule has 6 nitrogen and oxygen atoms in total. The Morgan fingerprint density at radius 2 is 1.90 bits per heavy atom. The van der Waals surface area contributed by atoms with Gasteiger partial charge in [0.2, 0.25) is 0 Å². The summed E-state index contributed by atoms with van der Waals surface area (Å²) >= 11 is 0. The molecule has 0 aliphatic carbocycles. The Kier molecular flexibility index (Phi) is 4.61. The molecule has 21 heavy (non-hydrogen) atoms. The maximum absolute atomic E-state index is 11.7. The molecule has 2 aromatic rings. The van der Waals surface area contributed by atoms with Crippen LogP contribution in [-0.4, -0.2) is 30.2 Å². The second-order valence-electron chi connectivity index (χ2n) is 4.36. The molecule has 0 aliphatic rings. The number of carbonyl (C=O) groups excluding carboxylic acids is 2. The van der Waals surface area contributed by atoms with Crippen molar-refractivity contribution in [3.8, 4) is 5.75 Å². The fourth-order valence-electron chi connectivity index (χ4n) is 1.75. The van der Waals surface area contributed by atoms with Crippen LogP contribution in [0.4, 0.5) is 5.69 Å². The predicted molar refractivity (Wildman–Crippen MR) is 77.3 cm³/mol. The lowest BCUT2D eigenvalue weighted by Gasteiger charge is -2.07. The van der Waals surface area contributed by atoms with E-state index in [4.69, 9.17) is 9.47 Å². The second-order valence-corrected chi connectivity index (χ2v) is 4.36. The minimum absolute atomic E-state index is 0.337. The molecule has 0 fully saturated rings. The number of rotatable bonds is 5. The SMILES string of the molecule is COc1ccc(NC(=O)COC(=O)c2cccn2C)cc1. The Hall–Kier alpha value is -2.76. The van der Waals surface area contributed by atoms with Crippen molar-refractivity contribution in [2.75, 3.05) is 19.0 Å². The van der Waals surface area contributed by atoms with Crippen LogP contribution in [0.1, 0.15) is 10.5 Å². The number of esters is 1. The number of ether oxygens (including phenoxy) is 2. The van der Waals surface area contributed by atoms with Crippen molar-refractivity contribution in [1.82, 2.24) is 4.57 Å². The molecule has 1 aromatic heterocycles. The number of anilines is 1. The lowest BCUT2D eigenvalue weighted by atomic mass is 10.3. The van der Waals surface area contributed by atoms with Gasteiger partial charge in [0.25, 0.3) is 5.91 Å². The highest BCUT2D eigenvalue weighted by Gasteiger charge is 2.12. The zero-order valence-electron chi connectivity index (χ0n) is 11.8. The third-order valence-corrected chi connectivity index (χ3v) is 2.86. The molecule has 0 aliphatic heterocycles. The molecule has 0 unspecified atom stereocenters. The summed E-state index contributed by atoms with van der Waals surface area (Å²) in [5.74, 6) is -0.238. The molecule has 0 spiro atoms. The number of methoxy groups -OCH3 is 1. The van der Waals surface area contributed by atoms with Crippen molar-refractivity contribution in [1.29, 1.82) is 0 Å². The number of aromatic nitrogens is 1. The number of aryl methyl sites for hydroxylation is 1. The fraction of sp³-hybridized carbons (Fsp3) is 0.200. The minimum Gasteiger partial charge on any atom is -0.497 e. The second kappa shape index (κ2) is 6.60. The number of benzene rings is 1. The Balaban J connectivity index is 1.84. The molecule has 2 rings (SSSR count). The molecule has 1 heterocycles. The number of carbonyl (C=O) groups is 2. The van der Waals surface area contributed by atoms with Gasteiger partial charge in [0, 0.05) is 18.9 Å². The monoisotopic (exact) mass is 288 g/mol. The van der Waals surface area contributed by atoms with E-state index in [0.29, 0.717) is 17.1 Å². The van der Waals surface area contributed by atoms with Crippen molar-refractivity contribution in [2.24, 2.45) is 7.05 Å². The van der Waals surface area contributed by atoms with Crippen LogP contribution in [0.25, 0.3) is 0 Å². The first kappa shape index (κ1) is 14.6. The van der Waals surface area contributed by atoms with E-state index >= 15 is 0 Å². The van der Waals surface area contributed by atoms with E-state index in [0.717, 1.165) is 0 Å². The zero-order chi connectivity index (χ0) is 15.2. The quantitative estimate of drug-likeness (QED) is 0.852. The van der Waals surface area contributed by atoms with Gasteiger partial charge in [0.05, 0.1) is 7.11 Å². The fourth-order valence-corrected chi connectivity index (χ4v) is 1.75. The highest BCUT2D eigenvalue weighted by molar-refractivity contribution is 5.94. The van der Waals surface area contributed by atoms with Crippen LogP contribution in [0, 0.1) is 0 Å². The molecule has 0 saturated carbocycles. The largest absolute Gasteiger partial charge is 0.497 e. The number of hydrogen-bond donors (Lipinski definition) is 1. The Morgan fingerprint density at radius 3 is 2.48 bits per heavy atom. The molecule has 0 bridgehead atoms. The van der Waals surface area contributed by atoms with Gasteiger partial charge in [-0.15, -0.1) is 0 Å². The predicted octanol–water partition coefficient (Wildman–Crippen LogP) is 1.83. The molecule has 6 heteroatoms. The van der Waals surface area contributed by atoms with Crippen LogP contribution >= 0.6 is 0 Å². The van der Waals surface area contributed by atoms with Crippen molar-refractivity contribution in [3.63, 3.8) is 0 Å². The van der Waals surface area contributed by atoms with Crippen molar-refractivity contribution in [3.05, 3.63) is 48.3 Å². The first-order valence-corrected chi connectivity index (χ1v) is 6.32. The summed E-state index contributed by atoms with van der Waals surface area (Å²) in [6.07, 6.45) is 1.73. The number of nitrogens with zero attached hydrogens (tertiary/aromatic N) is 1. The lowest BCUT2D eigenvalue weighted by Crippen LogP contribution is -2.21. The Labute approximate surface area is 122 Å². The van der Waals surface area contributed by atoms with E-state index < -0.39 is 11.9 Å². The number of hydrogen-bond acceptors (Lipinski definition) is 4. The number of nitrogens with one attached hydrogen (secondary N) is 1. The summed E-state index contributed by atoms with van der Waals surface area (Å²) in [6.45, 7) is -0.337. The van der Waals surface area contributed by atoms with Crippen LogP contribution in [0.2, 0.25) is 0 Å². The zero-order valence-corrected chi connectivity index (χ0v) is 11.8. The van der Waals surface area contributed by atoms with Gasteiger partial charge in [-0.05, 0) is 36.4 Å². The standard InChI is InChI=1S/C15H16N2O4/c1-17-9-3-4-13(17)15(19)21-10-14(18)16-11-5-7-12(20-2)8-6-11/h3-9H,10H2,1-2H3,(H,16,18). The highest BCUT2D eigenvalue weighted by atomic mass is 16.5. The Morgan fingerprint density at radius 1 is 1.19 bits per heavy atom. The van der Waals surface area contributed by atoms with E-state index in [2.05, 4.69) is 5.32 Å². The van der Waals surface area contributed by atoms with Crippen LogP contribution in [-0.2, 0) is 16.6 Å². The summed E-state index contributed by atoms with van der Waals surface area (Å²) in [4.78, 5) is 23.4. The van der Waals surface area contributed by atoms with E-state index in [-0.39, 0.29) is 6.61 Å². The van der Waals surface area contributed by atoms with Gasteiger partial charge in [0.15, 0.2) is 6.61 Å². The number of amides is 1. The first-order valence-electron chi connectivity index (χ1n) is 6.32. The van der Waals surface area contributed by atoms with E-state index in [9.17, 15) is 9.59 Å². The molecule has 0 radical (unpaired) electrons. The molecule has 110 valence electrons. The lowest BCUT2D eigenvalue weighted by molar-refractivity contribution is -0.119. The summed E-state index contributed by atoms with van der Waals surface area (Å²) in [7, 11) is 3.30. The highest BCUT2D eigenvalue weighted by Crippen LogP contribution is 2.14. The molecule has 1 aromatic carbocycles. The van der Waals surface area contributed by atoms with Gasteiger partial charge in [-0.3, -0.25) is 4.79 Å².